The van der Waals surface area contributed by atoms with E-state index in [9.17, 15) is 13.5 Å². The van der Waals surface area contributed by atoms with Gasteiger partial charge in [-0.05, 0) is 24.1 Å². The number of rotatable bonds is 7. The number of nitrogens with zero attached hydrogens (tertiary/aromatic N) is 1. The summed E-state index contributed by atoms with van der Waals surface area (Å²) < 4.78 is 26.9. The van der Waals surface area contributed by atoms with E-state index in [0.29, 0.717) is 18.4 Å². The van der Waals surface area contributed by atoms with Gasteiger partial charge in [0.15, 0.2) is 0 Å². The van der Waals surface area contributed by atoms with Crippen LogP contribution in [0.5, 0.6) is 0 Å². The molecule has 1 aromatic carbocycles. The number of nitrogens with one attached hydrogen (secondary N) is 2. The molecule has 1 heterocycles. The topological polar surface area (TPSA) is 95.1 Å². The van der Waals surface area contributed by atoms with Gasteiger partial charge >= 0.3 is 0 Å². The predicted molar refractivity (Wildman–Crippen MR) is 79.2 cm³/mol. The van der Waals surface area contributed by atoms with Crippen molar-refractivity contribution < 1.29 is 13.5 Å². The summed E-state index contributed by atoms with van der Waals surface area (Å²) >= 11 is 0. The van der Waals surface area contributed by atoms with Crippen LogP contribution in [0.4, 0.5) is 0 Å². The highest BCUT2D eigenvalue weighted by molar-refractivity contribution is 7.89. The third-order valence-corrected chi connectivity index (χ3v) is 4.61. The average Bonchev–Trinajstić information content (AvgIpc) is 2.99. The van der Waals surface area contributed by atoms with E-state index in [1.807, 2.05) is 6.92 Å². The molecule has 0 aliphatic rings. The molecule has 1 unspecified atom stereocenters. The molecule has 0 saturated heterocycles. The first kappa shape index (κ1) is 15.7. The number of aromatic nitrogens is 2. The van der Waals surface area contributed by atoms with Crippen LogP contribution in [-0.4, -0.2) is 30.0 Å². The standard InChI is InChI=1S/C14H19N3O3S/c1-2-13(18)11-4-3-5-12(10-11)21(19,20)17-7-6-14-15-8-9-16-14/h3-5,8-10,13,17-18H,2,6-7H2,1H3,(H,15,16). The first-order valence-electron chi connectivity index (χ1n) is 6.79. The number of benzene rings is 1. The average molecular weight is 309 g/mol. The van der Waals surface area contributed by atoms with Gasteiger partial charge in [0, 0.05) is 25.4 Å². The second kappa shape index (κ2) is 6.84. The number of hydrogen-bond donors (Lipinski definition) is 3. The lowest BCUT2D eigenvalue weighted by atomic mass is 10.1. The summed E-state index contributed by atoms with van der Waals surface area (Å²) in [5, 5.41) is 9.79. The lowest BCUT2D eigenvalue weighted by Gasteiger charge is -2.11. The van der Waals surface area contributed by atoms with Crippen LogP contribution in [0.2, 0.25) is 0 Å². The van der Waals surface area contributed by atoms with Crippen molar-refractivity contribution >= 4 is 10.0 Å². The molecule has 0 saturated carbocycles. The SMILES string of the molecule is CCC(O)c1cccc(S(=O)(=O)NCCc2ncc[nH]2)c1. The Kier molecular flexibility index (Phi) is 5.11. The van der Waals surface area contributed by atoms with E-state index in [1.165, 1.54) is 12.1 Å². The van der Waals surface area contributed by atoms with E-state index in [2.05, 4.69) is 14.7 Å². The van der Waals surface area contributed by atoms with Gasteiger partial charge in [0.05, 0.1) is 11.0 Å². The van der Waals surface area contributed by atoms with Crippen LogP contribution >= 0.6 is 0 Å². The molecular formula is C14H19N3O3S. The van der Waals surface area contributed by atoms with Gasteiger partial charge in [-0.15, -0.1) is 0 Å². The van der Waals surface area contributed by atoms with Crippen molar-refractivity contribution in [2.75, 3.05) is 6.54 Å². The van der Waals surface area contributed by atoms with E-state index >= 15 is 0 Å². The maximum Gasteiger partial charge on any atom is 0.240 e. The van der Waals surface area contributed by atoms with Crippen molar-refractivity contribution in [3.8, 4) is 0 Å². The second-order valence-electron chi connectivity index (χ2n) is 4.68. The molecule has 6 nitrogen and oxygen atoms in total. The Morgan fingerprint density at radius 1 is 1.43 bits per heavy atom. The molecule has 2 rings (SSSR count). The number of imidazole rings is 1. The van der Waals surface area contributed by atoms with Crippen LogP contribution in [-0.2, 0) is 16.4 Å². The summed E-state index contributed by atoms with van der Waals surface area (Å²) in [4.78, 5) is 7.11. The zero-order valence-corrected chi connectivity index (χ0v) is 12.6. The highest BCUT2D eigenvalue weighted by atomic mass is 32.2. The van der Waals surface area contributed by atoms with Crippen LogP contribution in [0.15, 0.2) is 41.6 Å². The number of aliphatic hydroxyl groups excluding tert-OH is 1. The summed E-state index contributed by atoms with van der Waals surface area (Å²) in [6, 6.07) is 6.37. The number of aliphatic hydroxyl groups is 1. The number of aromatic amines is 1. The zero-order chi connectivity index (χ0) is 15.3. The monoisotopic (exact) mass is 309 g/mol. The number of H-pyrrole nitrogens is 1. The minimum atomic E-state index is -3.58. The normalized spacial score (nSPS) is 13.2. The molecule has 2 aromatic rings. The van der Waals surface area contributed by atoms with Crippen LogP contribution < -0.4 is 4.72 Å². The van der Waals surface area contributed by atoms with Crippen molar-refractivity contribution in [2.45, 2.75) is 30.8 Å². The maximum absolute atomic E-state index is 12.2. The molecule has 0 radical (unpaired) electrons. The maximum atomic E-state index is 12.2. The summed E-state index contributed by atoms with van der Waals surface area (Å²) in [5.74, 6) is 0.729. The van der Waals surface area contributed by atoms with Gasteiger partial charge in [-0.2, -0.15) is 0 Å². The Bertz CT molecular complexity index is 669. The fraction of sp³-hybridized carbons (Fsp3) is 0.357. The molecule has 0 spiro atoms. The van der Waals surface area contributed by atoms with Crippen molar-refractivity contribution in [3.05, 3.63) is 48.0 Å². The first-order chi connectivity index (χ1) is 10.0. The summed E-state index contributed by atoms with van der Waals surface area (Å²) in [6.07, 6.45) is 3.70. The van der Waals surface area contributed by atoms with Crippen LogP contribution in [0, 0.1) is 0 Å². The highest BCUT2D eigenvalue weighted by Gasteiger charge is 2.15. The second-order valence-corrected chi connectivity index (χ2v) is 6.45. The van der Waals surface area contributed by atoms with Crippen LogP contribution in [0.1, 0.15) is 30.8 Å². The van der Waals surface area contributed by atoms with Gasteiger partial charge in [-0.1, -0.05) is 19.1 Å². The van der Waals surface area contributed by atoms with E-state index in [1.54, 1.807) is 24.5 Å². The van der Waals surface area contributed by atoms with Crippen molar-refractivity contribution in [3.63, 3.8) is 0 Å². The Morgan fingerprint density at radius 2 is 2.24 bits per heavy atom. The van der Waals surface area contributed by atoms with E-state index < -0.39 is 16.1 Å². The summed E-state index contributed by atoms with van der Waals surface area (Å²) in [5.41, 5.74) is 0.603. The molecule has 7 heteroatoms. The van der Waals surface area contributed by atoms with Gasteiger partial charge in [0.2, 0.25) is 10.0 Å². The van der Waals surface area contributed by atoms with Crippen LogP contribution in [0.25, 0.3) is 0 Å². The molecule has 0 fully saturated rings. The molecule has 0 aliphatic heterocycles. The Balaban J connectivity index is 2.05. The summed E-state index contributed by atoms with van der Waals surface area (Å²) in [6.45, 7) is 2.10. The molecule has 114 valence electrons. The van der Waals surface area contributed by atoms with Gasteiger partial charge in [-0.3, -0.25) is 0 Å². The van der Waals surface area contributed by atoms with Gasteiger partial charge in [-0.25, -0.2) is 18.1 Å². The largest absolute Gasteiger partial charge is 0.388 e. The number of hydrogen-bond acceptors (Lipinski definition) is 4. The van der Waals surface area contributed by atoms with Crippen LogP contribution in [0.3, 0.4) is 0 Å². The quantitative estimate of drug-likeness (QED) is 0.720. The minimum absolute atomic E-state index is 0.159. The lowest BCUT2D eigenvalue weighted by molar-refractivity contribution is 0.173. The Morgan fingerprint density at radius 3 is 2.90 bits per heavy atom. The zero-order valence-electron chi connectivity index (χ0n) is 11.8. The molecule has 0 amide bonds. The first-order valence-corrected chi connectivity index (χ1v) is 8.27. The van der Waals surface area contributed by atoms with Crippen molar-refractivity contribution in [1.82, 2.24) is 14.7 Å². The van der Waals surface area contributed by atoms with E-state index in [0.717, 1.165) is 5.82 Å². The van der Waals surface area contributed by atoms with E-state index in [4.69, 9.17) is 0 Å². The number of sulfonamides is 1. The fourth-order valence-corrected chi connectivity index (χ4v) is 3.03. The van der Waals surface area contributed by atoms with Crippen molar-refractivity contribution in [1.29, 1.82) is 0 Å². The Hall–Kier alpha value is -1.70. The Labute approximate surface area is 124 Å². The minimum Gasteiger partial charge on any atom is -0.388 e. The highest BCUT2D eigenvalue weighted by Crippen LogP contribution is 2.19. The van der Waals surface area contributed by atoms with Gasteiger partial charge in [0.1, 0.15) is 5.82 Å². The van der Waals surface area contributed by atoms with Gasteiger partial charge in [0.25, 0.3) is 0 Å². The molecule has 21 heavy (non-hydrogen) atoms. The molecule has 0 aliphatic carbocycles. The molecule has 1 aromatic heterocycles. The molecule has 1 atom stereocenters. The smallest absolute Gasteiger partial charge is 0.240 e. The van der Waals surface area contributed by atoms with E-state index in [-0.39, 0.29) is 11.4 Å². The summed E-state index contributed by atoms with van der Waals surface area (Å²) in [7, 11) is -3.58. The predicted octanol–water partition coefficient (Wildman–Crippen LogP) is 1.37. The molecule has 0 bridgehead atoms. The van der Waals surface area contributed by atoms with Gasteiger partial charge < -0.3 is 10.1 Å². The lowest BCUT2D eigenvalue weighted by Crippen LogP contribution is -2.26. The third-order valence-electron chi connectivity index (χ3n) is 3.15. The van der Waals surface area contributed by atoms with Crippen molar-refractivity contribution in [2.24, 2.45) is 0 Å². The fourth-order valence-electron chi connectivity index (χ4n) is 1.95. The third kappa shape index (κ3) is 4.13. The molecule has 3 N–H and O–H groups in total. The molecular weight excluding hydrogens is 290 g/mol.